The SMILES string of the molecule is Cc1c(Br)ccc(-n2c(O)c(C=Nc3ccc([N+](=O)[O-])cc3)c(=O)[nH]c2=O)c1C. The lowest BCUT2D eigenvalue weighted by Crippen LogP contribution is -2.31. The first-order valence-corrected chi connectivity index (χ1v) is 9.13. The van der Waals surface area contributed by atoms with Crippen LogP contribution in [0.2, 0.25) is 0 Å². The van der Waals surface area contributed by atoms with Crippen molar-refractivity contribution in [2.24, 2.45) is 4.99 Å². The molecule has 0 spiro atoms. The number of nitrogens with one attached hydrogen (secondary N) is 1. The van der Waals surface area contributed by atoms with E-state index in [4.69, 9.17) is 0 Å². The first-order chi connectivity index (χ1) is 13.7. The maximum Gasteiger partial charge on any atom is 0.335 e. The minimum absolute atomic E-state index is 0.0979. The largest absolute Gasteiger partial charge is 0.493 e. The van der Waals surface area contributed by atoms with Gasteiger partial charge in [0.25, 0.3) is 11.2 Å². The van der Waals surface area contributed by atoms with Gasteiger partial charge in [-0.2, -0.15) is 0 Å². The number of rotatable bonds is 4. The molecular formula is C19H15BrN4O5. The molecular weight excluding hydrogens is 444 g/mol. The molecule has 0 radical (unpaired) electrons. The molecule has 1 aromatic heterocycles. The Morgan fingerprint density at radius 3 is 2.41 bits per heavy atom. The molecule has 148 valence electrons. The number of H-pyrrole nitrogens is 1. The van der Waals surface area contributed by atoms with Gasteiger partial charge in [0.2, 0.25) is 5.88 Å². The Balaban J connectivity index is 2.11. The van der Waals surface area contributed by atoms with Crippen molar-refractivity contribution in [1.29, 1.82) is 0 Å². The van der Waals surface area contributed by atoms with Crippen molar-refractivity contribution in [3.63, 3.8) is 0 Å². The summed E-state index contributed by atoms with van der Waals surface area (Å²) in [5.74, 6) is -0.561. The zero-order chi connectivity index (χ0) is 21.3. The topological polar surface area (TPSA) is 131 Å². The van der Waals surface area contributed by atoms with Crippen molar-refractivity contribution in [3.05, 3.63) is 88.5 Å². The van der Waals surface area contributed by atoms with Crippen LogP contribution in [-0.2, 0) is 0 Å². The highest BCUT2D eigenvalue weighted by atomic mass is 79.9. The normalized spacial score (nSPS) is 11.1. The summed E-state index contributed by atoms with van der Waals surface area (Å²) >= 11 is 3.41. The number of aromatic nitrogens is 2. The van der Waals surface area contributed by atoms with Gasteiger partial charge in [-0.25, -0.2) is 9.36 Å². The fraction of sp³-hybridized carbons (Fsp3) is 0.105. The lowest BCUT2D eigenvalue weighted by molar-refractivity contribution is -0.384. The quantitative estimate of drug-likeness (QED) is 0.351. The van der Waals surface area contributed by atoms with E-state index in [1.807, 2.05) is 6.92 Å². The summed E-state index contributed by atoms with van der Waals surface area (Å²) in [6.07, 6.45) is 1.10. The number of aromatic hydroxyl groups is 1. The molecule has 0 saturated carbocycles. The number of hydrogen-bond acceptors (Lipinski definition) is 6. The van der Waals surface area contributed by atoms with Crippen molar-refractivity contribution >= 4 is 33.5 Å². The van der Waals surface area contributed by atoms with Crippen molar-refractivity contribution in [1.82, 2.24) is 9.55 Å². The third kappa shape index (κ3) is 3.87. The van der Waals surface area contributed by atoms with Crippen LogP contribution in [0.15, 0.2) is 55.5 Å². The third-order valence-corrected chi connectivity index (χ3v) is 5.32. The molecule has 0 aliphatic carbocycles. The minimum Gasteiger partial charge on any atom is -0.493 e. The van der Waals surface area contributed by atoms with Crippen LogP contribution in [0.5, 0.6) is 5.88 Å². The number of aromatic amines is 1. The Morgan fingerprint density at radius 2 is 1.79 bits per heavy atom. The van der Waals surface area contributed by atoms with Crippen molar-refractivity contribution in [2.45, 2.75) is 13.8 Å². The van der Waals surface area contributed by atoms with E-state index in [1.54, 1.807) is 19.1 Å². The Labute approximate surface area is 172 Å². The highest BCUT2D eigenvalue weighted by molar-refractivity contribution is 9.10. The number of aliphatic imine (C=N–C) groups is 1. The molecule has 29 heavy (non-hydrogen) atoms. The fourth-order valence-electron chi connectivity index (χ4n) is 2.69. The van der Waals surface area contributed by atoms with Gasteiger partial charge in [0.1, 0.15) is 5.56 Å². The van der Waals surface area contributed by atoms with Crippen molar-refractivity contribution < 1.29 is 10.0 Å². The monoisotopic (exact) mass is 458 g/mol. The second kappa shape index (κ2) is 7.84. The Bertz CT molecular complexity index is 1260. The van der Waals surface area contributed by atoms with Crippen LogP contribution in [-0.4, -0.2) is 25.8 Å². The summed E-state index contributed by atoms with van der Waals surface area (Å²) in [7, 11) is 0. The standard InChI is InChI=1S/C19H15BrN4O5/c1-10-11(2)16(8-7-15(10)20)23-18(26)14(17(25)22-19(23)27)9-21-12-3-5-13(6-4-12)24(28)29/h3-9,26H,1-2H3,(H,22,25,27). The molecule has 0 aliphatic rings. The van der Waals surface area contributed by atoms with Gasteiger partial charge >= 0.3 is 5.69 Å². The molecule has 1 heterocycles. The Hall–Kier alpha value is -3.53. The second-order valence-corrected chi connectivity index (χ2v) is 7.03. The first-order valence-electron chi connectivity index (χ1n) is 8.33. The lowest BCUT2D eigenvalue weighted by Gasteiger charge is -2.14. The molecule has 3 rings (SSSR count). The van der Waals surface area contributed by atoms with Crippen LogP contribution in [0.3, 0.4) is 0 Å². The number of hydrogen-bond donors (Lipinski definition) is 2. The van der Waals surface area contributed by atoms with E-state index < -0.39 is 22.1 Å². The van der Waals surface area contributed by atoms with Gasteiger partial charge < -0.3 is 5.11 Å². The maximum atomic E-state index is 12.4. The number of non-ortho nitro benzene ring substituents is 1. The molecule has 9 nitrogen and oxygen atoms in total. The number of nitro benzene ring substituents is 1. The Kier molecular flexibility index (Phi) is 5.46. The molecule has 2 aromatic carbocycles. The van der Waals surface area contributed by atoms with Gasteiger partial charge in [0, 0.05) is 22.8 Å². The second-order valence-electron chi connectivity index (χ2n) is 6.18. The van der Waals surface area contributed by atoms with Gasteiger partial charge in [-0.05, 0) is 49.2 Å². The molecule has 0 amide bonds. The maximum absolute atomic E-state index is 12.4. The molecule has 2 N–H and O–H groups in total. The van der Waals surface area contributed by atoms with Gasteiger partial charge in [-0.15, -0.1) is 0 Å². The molecule has 0 fully saturated rings. The zero-order valence-electron chi connectivity index (χ0n) is 15.3. The van der Waals surface area contributed by atoms with Crippen LogP contribution >= 0.6 is 15.9 Å². The highest BCUT2D eigenvalue weighted by Gasteiger charge is 2.17. The summed E-state index contributed by atoms with van der Waals surface area (Å²) in [4.78, 5) is 41.0. The predicted octanol–water partition coefficient (Wildman–Crippen LogP) is 3.27. The molecule has 0 unspecified atom stereocenters. The third-order valence-electron chi connectivity index (χ3n) is 4.46. The lowest BCUT2D eigenvalue weighted by atomic mass is 10.1. The van der Waals surface area contributed by atoms with Crippen LogP contribution in [0.1, 0.15) is 16.7 Å². The Morgan fingerprint density at radius 1 is 1.14 bits per heavy atom. The molecule has 0 bridgehead atoms. The summed E-state index contributed by atoms with van der Waals surface area (Å²) in [6.45, 7) is 3.64. The van der Waals surface area contributed by atoms with Gasteiger partial charge in [0.05, 0.1) is 16.3 Å². The van der Waals surface area contributed by atoms with Crippen LogP contribution < -0.4 is 11.2 Å². The van der Waals surface area contributed by atoms with E-state index >= 15 is 0 Å². The van der Waals surface area contributed by atoms with E-state index in [2.05, 4.69) is 25.9 Å². The molecule has 3 aromatic rings. The van der Waals surface area contributed by atoms with Crippen molar-refractivity contribution in [2.75, 3.05) is 0 Å². The van der Waals surface area contributed by atoms with E-state index in [0.29, 0.717) is 11.4 Å². The van der Waals surface area contributed by atoms with E-state index in [-0.39, 0.29) is 11.3 Å². The van der Waals surface area contributed by atoms with E-state index in [9.17, 15) is 24.8 Å². The molecule has 0 aliphatic heterocycles. The average Bonchev–Trinajstić information content (AvgIpc) is 2.67. The molecule has 10 heteroatoms. The number of nitro groups is 1. The zero-order valence-corrected chi connectivity index (χ0v) is 16.9. The predicted molar refractivity (Wildman–Crippen MR) is 112 cm³/mol. The first kappa shape index (κ1) is 20.2. The summed E-state index contributed by atoms with van der Waals surface area (Å²) in [5.41, 5.74) is 0.452. The van der Waals surface area contributed by atoms with Crippen LogP contribution in [0.25, 0.3) is 5.69 Å². The fourth-order valence-corrected chi connectivity index (χ4v) is 3.12. The van der Waals surface area contributed by atoms with Crippen molar-refractivity contribution in [3.8, 4) is 11.6 Å². The smallest absolute Gasteiger partial charge is 0.335 e. The van der Waals surface area contributed by atoms with Crippen LogP contribution in [0, 0.1) is 24.0 Å². The van der Waals surface area contributed by atoms with Gasteiger partial charge in [-0.1, -0.05) is 15.9 Å². The van der Waals surface area contributed by atoms with Gasteiger partial charge in [-0.3, -0.25) is 24.9 Å². The number of nitrogens with zero attached hydrogens (tertiary/aromatic N) is 3. The van der Waals surface area contributed by atoms with Crippen LogP contribution in [0.4, 0.5) is 11.4 Å². The number of halogens is 1. The average molecular weight is 459 g/mol. The van der Waals surface area contributed by atoms with E-state index in [0.717, 1.165) is 26.4 Å². The summed E-state index contributed by atoms with van der Waals surface area (Å²) < 4.78 is 1.84. The molecule has 0 atom stereocenters. The van der Waals surface area contributed by atoms with Gasteiger partial charge in [0.15, 0.2) is 0 Å². The highest BCUT2D eigenvalue weighted by Crippen LogP contribution is 2.27. The summed E-state index contributed by atoms with van der Waals surface area (Å²) in [5, 5.41) is 21.3. The number of benzene rings is 2. The minimum atomic E-state index is -0.805. The summed E-state index contributed by atoms with van der Waals surface area (Å²) in [6, 6.07) is 8.72. The van der Waals surface area contributed by atoms with E-state index in [1.165, 1.54) is 24.3 Å². The molecule has 0 saturated heterocycles.